The third kappa shape index (κ3) is 1.35. The van der Waals surface area contributed by atoms with Gasteiger partial charge in [-0.1, -0.05) is 24.3 Å². The molecule has 2 nitrogen and oxygen atoms in total. The zero-order valence-corrected chi connectivity index (χ0v) is 7.86. The number of methoxy groups -OCH3 is 1. The van der Waals surface area contributed by atoms with Crippen molar-refractivity contribution in [2.45, 2.75) is 0 Å². The van der Waals surface area contributed by atoms with Crippen LogP contribution in [0.3, 0.4) is 0 Å². The van der Waals surface area contributed by atoms with E-state index in [1.165, 1.54) is 0 Å². The highest BCUT2D eigenvalue weighted by Crippen LogP contribution is 2.23. The molecule has 2 aromatic rings. The normalized spacial score (nSPS) is 10.1. The van der Waals surface area contributed by atoms with Crippen LogP contribution in [0.4, 0.5) is 0 Å². The van der Waals surface area contributed by atoms with E-state index in [0.29, 0.717) is 11.3 Å². The Hall–Kier alpha value is -1.83. The maximum Gasteiger partial charge on any atom is 0.150 e. The summed E-state index contributed by atoms with van der Waals surface area (Å²) in [5.74, 6) is 0.714. The van der Waals surface area contributed by atoms with E-state index in [9.17, 15) is 4.79 Å². The zero-order chi connectivity index (χ0) is 9.97. The fraction of sp³-hybridized carbons (Fsp3) is 0.0833. The lowest BCUT2D eigenvalue weighted by molar-refractivity contribution is 0.112. The van der Waals surface area contributed by atoms with Gasteiger partial charge in [0.1, 0.15) is 5.75 Å². The Morgan fingerprint density at radius 3 is 2.71 bits per heavy atom. The van der Waals surface area contributed by atoms with Gasteiger partial charge in [-0.3, -0.25) is 4.79 Å². The minimum atomic E-state index is 0.667. The molecule has 0 unspecified atom stereocenters. The van der Waals surface area contributed by atoms with E-state index in [2.05, 4.69) is 0 Å². The summed E-state index contributed by atoms with van der Waals surface area (Å²) in [7, 11) is 1.60. The molecule has 0 aliphatic heterocycles. The van der Waals surface area contributed by atoms with E-state index in [0.717, 1.165) is 17.1 Å². The van der Waals surface area contributed by atoms with Gasteiger partial charge in [0.25, 0.3) is 0 Å². The molecule has 0 saturated heterocycles. The predicted molar refractivity (Wildman–Crippen MR) is 55.9 cm³/mol. The van der Waals surface area contributed by atoms with Gasteiger partial charge in [-0.25, -0.2) is 0 Å². The minimum absolute atomic E-state index is 0.667. The van der Waals surface area contributed by atoms with Crippen LogP contribution in [0.15, 0.2) is 36.4 Å². The Balaban J connectivity index is 2.79. The lowest BCUT2D eigenvalue weighted by Gasteiger charge is -2.04. The predicted octanol–water partition coefficient (Wildman–Crippen LogP) is 2.66. The van der Waals surface area contributed by atoms with E-state index >= 15 is 0 Å². The number of benzene rings is 2. The maximum absolute atomic E-state index is 10.8. The van der Waals surface area contributed by atoms with E-state index < -0.39 is 0 Å². The summed E-state index contributed by atoms with van der Waals surface area (Å²) in [5, 5.41) is 1.98. The second kappa shape index (κ2) is 3.50. The summed E-state index contributed by atoms with van der Waals surface area (Å²) >= 11 is 0. The number of aldehydes is 1. The summed E-state index contributed by atoms with van der Waals surface area (Å²) in [5.41, 5.74) is 0.667. The van der Waals surface area contributed by atoms with Crippen molar-refractivity contribution in [2.75, 3.05) is 7.11 Å². The lowest BCUT2D eigenvalue weighted by atomic mass is 10.1. The molecular formula is C12H10O2. The maximum atomic E-state index is 10.8. The van der Waals surface area contributed by atoms with Crippen LogP contribution in [-0.2, 0) is 0 Å². The monoisotopic (exact) mass is 186 g/mol. The van der Waals surface area contributed by atoms with Crippen molar-refractivity contribution in [3.63, 3.8) is 0 Å². The topological polar surface area (TPSA) is 26.3 Å². The number of ether oxygens (including phenoxy) is 1. The van der Waals surface area contributed by atoms with E-state index in [1.807, 2.05) is 30.3 Å². The molecule has 0 atom stereocenters. The number of fused-ring (bicyclic) bond motifs is 1. The molecule has 0 spiro atoms. The van der Waals surface area contributed by atoms with Crippen molar-refractivity contribution in [1.82, 2.24) is 0 Å². The third-order valence-corrected chi connectivity index (χ3v) is 2.23. The first-order valence-electron chi connectivity index (χ1n) is 4.37. The molecule has 0 aromatic heterocycles. The van der Waals surface area contributed by atoms with Gasteiger partial charge >= 0.3 is 0 Å². The highest BCUT2D eigenvalue weighted by molar-refractivity contribution is 5.99. The summed E-state index contributed by atoms with van der Waals surface area (Å²) in [4.78, 5) is 10.8. The lowest BCUT2D eigenvalue weighted by Crippen LogP contribution is -1.88. The number of carbonyl (C=O) groups excluding carboxylic acids is 1. The summed E-state index contributed by atoms with van der Waals surface area (Å²) in [6.07, 6.45) is 0.852. The van der Waals surface area contributed by atoms with Crippen molar-refractivity contribution >= 4 is 17.1 Å². The third-order valence-electron chi connectivity index (χ3n) is 2.23. The van der Waals surface area contributed by atoms with Crippen molar-refractivity contribution in [2.24, 2.45) is 0 Å². The molecule has 2 rings (SSSR count). The van der Waals surface area contributed by atoms with E-state index in [4.69, 9.17) is 4.74 Å². The van der Waals surface area contributed by atoms with Gasteiger partial charge < -0.3 is 4.74 Å². The van der Waals surface area contributed by atoms with Crippen LogP contribution in [0.2, 0.25) is 0 Å². The molecule has 0 heterocycles. The van der Waals surface area contributed by atoms with Gasteiger partial charge in [-0.15, -0.1) is 0 Å². The average molecular weight is 186 g/mol. The first kappa shape index (κ1) is 8.75. The fourth-order valence-corrected chi connectivity index (χ4v) is 1.53. The van der Waals surface area contributed by atoms with Crippen LogP contribution in [0, 0.1) is 0 Å². The molecule has 2 heteroatoms. The first-order valence-corrected chi connectivity index (χ1v) is 4.37. The van der Waals surface area contributed by atoms with E-state index in [-0.39, 0.29) is 0 Å². The Kier molecular flexibility index (Phi) is 2.19. The van der Waals surface area contributed by atoms with Crippen LogP contribution in [0.1, 0.15) is 10.4 Å². The second-order valence-electron chi connectivity index (χ2n) is 3.06. The summed E-state index contributed by atoms with van der Waals surface area (Å²) in [6, 6.07) is 11.4. The molecule has 0 saturated carbocycles. The Labute approximate surface area is 82.1 Å². The van der Waals surface area contributed by atoms with Crippen molar-refractivity contribution < 1.29 is 9.53 Å². The highest BCUT2D eigenvalue weighted by Gasteiger charge is 2.02. The first-order chi connectivity index (χ1) is 6.85. The molecule has 0 radical (unpaired) electrons. The standard InChI is InChI=1S/C12H10O2/c1-14-11-6-9-4-2-3-5-12(9)10(7-11)8-13/h2-8H,1H3. The molecular weight excluding hydrogens is 176 g/mol. The van der Waals surface area contributed by atoms with Gasteiger partial charge in [-0.05, 0) is 22.9 Å². The van der Waals surface area contributed by atoms with Crippen LogP contribution < -0.4 is 4.74 Å². The van der Waals surface area contributed by atoms with Crippen LogP contribution in [-0.4, -0.2) is 13.4 Å². The highest BCUT2D eigenvalue weighted by atomic mass is 16.5. The second-order valence-corrected chi connectivity index (χ2v) is 3.06. The molecule has 0 amide bonds. The van der Waals surface area contributed by atoms with Gasteiger partial charge in [0.15, 0.2) is 6.29 Å². The Morgan fingerprint density at radius 1 is 1.21 bits per heavy atom. The van der Waals surface area contributed by atoms with Crippen molar-refractivity contribution in [3.05, 3.63) is 42.0 Å². The van der Waals surface area contributed by atoms with Crippen LogP contribution >= 0.6 is 0 Å². The number of hydrogen-bond donors (Lipinski definition) is 0. The van der Waals surface area contributed by atoms with Gasteiger partial charge in [0.05, 0.1) is 7.11 Å². The largest absolute Gasteiger partial charge is 0.497 e. The molecule has 0 aliphatic carbocycles. The number of rotatable bonds is 2. The molecule has 0 aliphatic rings. The summed E-state index contributed by atoms with van der Waals surface area (Å²) in [6.45, 7) is 0. The SMILES string of the molecule is COc1cc(C=O)c2ccccc2c1. The smallest absolute Gasteiger partial charge is 0.150 e. The fourth-order valence-electron chi connectivity index (χ4n) is 1.53. The minimum Gasteiger partial charge on any atom is -0.497 e. The number of carbonyl (C=O) groups is 1. The van der Waals surface area contributed by atoms with Crippen LogP contribution in [0.5, 0.6) is 5.75 Å². The molecule has 0 N–H and O–H groups in total. The molecule has 2 aromatic carbocycles. The molecule has 70 valence electrons. The quantitative estimate of drug-likeness (QED) is 0.674. The molecule has 14 heavy (non-hydrogen) atoms. The Morgan fingerprint density at radius 2 is 2.00 bits per heavy atom. The van der Waals surface area contributed by atoms with Crippen molar-refractivity contribution in [1.29, 1.82) is 0 Å². The molecule has 0 bridgehead atoms. The van der Waals surface area contributed by atoms with E-state index in [1.54, 1.807) is 13.2 Å². The molecule has 0 fully saturated rings. The summed E-state index contributed by atoms with van der Waals surface area (Å²) < 4.78 is 5.11. The van der Waals surface area contributed by atoms with Gasteiger partial charge in [-0.2, -0.15) is 0 Å². The van der Waals surface area contributed by atoms with Crippen LogP contribution in [0.25, 0.3) is 10.8 Å². The van der Waals surface area contributed by atoms with Crippen molar-refractivity contribution in [3.8, 4) is 5.75 Å². The average Bonchev–Trinajstić information content (AvgIpc) is 2.27. The van der Waals surface area contributed by atoms with Gasteiger partial charge in [0, 0.05) is 5.56 Å². The van der Waals surface area contributed by atoms with Gasteiger partial charge in [0.2, 0.25) is 0 Å². The zero-order valence-electron chi connectivity index (χ0n) is 7.86. The number of hydrogen-bond acceptors (Lipinski definition) is 2. The Bertz CT molecular complexity index is 475.